The summed E-state index contributed by atoms with van der Waals surface area (Å²) in [7, 11) is 1.37. The van der Waals surface area contributed by atoms with Gasteiger partial charge >= 0.3 is 0 Å². The quantitative estimate of drug-likeness (QED) is 0.472. The van der Waals surface area contributed by atoms with Crippen LogP contribution in [-0.4, -0.2) is 35.2 Å². The highest BCUT2D eigenvalue weighted by Crippen LogP contribution is 2.37. The van der Waals surface area contributed by atoms with Gasteiger partial charge < -0.3 is 30.4 Å². The third-order valence-electron chi connectivity index (χ3n) is 5.22. The van der Waals surface area contributed by atoms with Crippen molar-refractivity contribution in [2.45, 2.75) is 45.6 Å². The predicted molar refractivity (Wildman–Crippen MR) is 113 cm³/mol. The predicted octanol–water partition coefficient (Wildman–Crippen LogP) is 1.91. The minimum atomic E-state index is -0.896. The van der Waals surface area contributed by atoms with Crippen LogP contribution in [0.4, 0.5) is 0 Å². The van der Waals surface area contributed by atoms with Gasteiger partial charge in [-0.1, -0.05) is 26.3 Å². The van der Waals surface area contributed by atoms with Gasteiger partial charge in [0.15, 0.2) is 17.3 Å². The van der Waals surface area contributed by atoms with Crippen LogP contribution in [0.5, 0.6) is 17.2 Å². The molecule has 0 radical (unpaired) electrons. The standard InChI is InChI=1S/C22H28N2O7/c1-5-11(2)19(22(23)29)24-18(27)10-14(13-6-7-15(25)17(9-13)30-4)21-20(28)16(26)8-12(3)31-21/h6-9,11,14,19,25,28H,5,10H2,1-4H3,(H2,23,29)(H,24,27)/t11-,14+,19-/m0/s1. The largest absolute Gasteiger partial charge is 0.504 e. The van der Waals surface area contributed by atoms with E-state index in [-0.39, 0.29) is 35.4 Å². The van der Waals surface area contributed by atoms with Crippen LogP contribution in [0.2, 0.25) is 0 Å². The molecule has 0 fully saturated rings. The van der Waals surface area contributed by atoms with E-state index in [0.717, 1.165) is 6.07 Å². The van der Waals surface area contributed by atoms with Gasteiger partial charge in [0.25, 0.3) is 0 Å². The van der Waals surface area contributed by atoms with E-state index in [1.54, 1.807) is 13.8 Å². The lowest BCUT2D eigenvalue weighted by molar-refractivity contribution is -0.128. The first-order valence-electron chi connectivity index (χ1n) is 9.88. The van der Waals surface area contributed by atoms with Crippen molar-refractivity contribution < 1.29 is 29.0 Å². The summed E-state index contributed by atoms with van der Waals surface area (Å²) in [4.78, 5) is 36.7. The maximum Gasteiger partial charge on any atom is 0.240 e. The van der Waals surface area contributed by atoms with Crippen LogP contribution in [0.15, 0.2) is 33.5 Å². The molecule has 9 heteroatoms. The number of hydrogen-bond donors (Lipinski definition) is 4. The number of rotatable bonds is 9. The summed E-state index contributed by atoms with van der Waals surface area (Å²) in [5, 5.41) is 22.9. The first-order valence-corrected chi connectivity index (χ1v) is 9.88. The van der Waals surface area contributed by atoms with E-state index < -0.39 is 35.0 Å². The molecule has 0 aliphatic carbocycles. The van der Waals surface area contributed by atoms with Gasteiger partial charge in [-0.3, -0.25) is 14.4 Å². The Kier molecular flexibility index (Phi) is 7.68. The molecule has 1 heterocycles. The summed E-state index contributed by atoms with van der Waals surface area (Å²) in [6.07, 6.45) is 0.369. The number of primary amides is 1. The molecule has 0 aliphatic heterocycles. The van der Waals surface area contributed by atoms with Gasteiger partial charge in [-0.05, 0) is 30.5 Å². The second-order valence-electron chi connectivity index (χ2n) is 7.46. The Bertz CT molecular complexity index is 1020. The van der Waals surface area contributed by atoms with Crippen LogP contribution in [-0.2, 0) is 9.59 Å². The summed E-state index contributed by atoms with van der Waals surface area (Å²) in [5.74, 6) is -2.70. The molecule has 1 aromatic carbocycles. The number of nitrogens with two attached hydrogens (primary N) is 1. The number of phenols is 1. The van der Waals surface area contributed by atoms with Gasteiger partial charge in [-0.25, -0.2) is 0 Å². The van der Waals surface area contributed by atoms with E-state index in [0.29, 0.717) is 12.0 Å². The Balaban J connectivity index is 2.50. The summed E-state index contributed by atoms with van der Waals surface area (Å²) >= 11 is 0. The Hall–Kier alpha value is -3.49. The summed E-state index contributed by atoms with van der Waals surface area (Å²) in [6, 6.07) is 4.65. The normalized spacial score (nSPS) is 13.8. The smallest absolute Gasteiger partial charge is 0.240 e. The van der Waals surface area contributed by atoms with Crippen molar-refractivity contribution in [2.75, 3.05) is 7.11 Å². The maximum atomic E-state index is 12.8. The van der Waals surface area contributed by atoms with Crippen molar-refractivity contribution in [3.63, 3.8) is 0 Å². The number of hydrogen-bond acceptors (Lipinski definition) is 7. The molecule has 0 bridgehead atoms. The fourth-order valence-corrected chi connectivity index (χ4v) is 3.28. The molecule has 168 valence electrons. The number of aromatic hydroxyl groups is 2. The van der Waals surface area contributed by atoms with Crippen LogP contribution in [0.1, 0.15) is 49.7 Å². The number of amides is 2. The molecule has 3 atom stereocenters. The van der Waals surface area contributed by atoms with Gasteiger partial charge in [-0.15, -0.1) is 0 Å². The van der Waals surface area contributed by atoms with E-state index in [1.807, 2.05) is 6.92 Å². The molecule has 0 unspecified atom stereocenters. The highest BCUT2D eigenvalue weighted by molar-refractivity contribution is 5.87. The zero-order chi connectivity index (χ0) is 23.3. The molecule has 0 spiro atoms. The summed E-state index contributed by atoms with van der Waals surface area (Å²) in [6.45, 7) is 5.21. The first-order chi connectivity index (χ1) is 14.6. The van der Waals surface area contributed by atoms with Crippen molar-refractivity contribution in [1.29, 1.82) is 0 Å². The molecule has 1 aromatic heterocycles. The van der Waals surface area contributed by atoms with E-state index in [4.69, 9.17) is 14.9 Å². The fraction of sp³-hybridized carbons (Fsp3) is 0.409. The minimum Gasteiger partial charge on any atom is -0.504 e. The maximum absolute atomic E-state index is 12.8. The highest BCUT2D eigenvalue weighted by atomic mass is 16.5. The minimum absolute atomic E-state index is 0.105. The molecular formula is C22H28N2O7. The number of phenolic OH excluding ortho intramolecular Hbond substituents is 1. The lowest BCUT2D eigenvalue weighted by atomic mass is 9.90. The molecule has 31 heavy (non-hydrogen) atoms. The summed E-state index contributed by atoms with van der Waals surface area (Å²) < 4.78 is 10.7. The van der Waals surface area contributed by atoms with Gasteiger partial charge in [-0.2, -0.15) is 0 Å². The number of carbonyl (C=O) groups is 2. The Morgan fingerprint density at radius 2 is 1.94 bits per heavy atom. The van der Waals surface area contributed by atoms with Crippen molar-refractivity contribution in [3.05, 3.63) is 51.6 Å². The Morgan fingerprint density at radius 1 is 1.26 bits per heavy atom. The molecule has 2 amide bonds. The average Bonchev–Trinajstić information content (AvgIpc) is 2.72. The number of benzene rings is 1. The Labute approximate surface area is 179 Å². The molecule has 2 aromatic rings. The van der Waals surface area contributed by atoms with Gasteiger partial charge in [0.05, 0.1) is 13.0 Å². The van der Waals surface area contributed by atoms with Gasteiger partial charge in [0.1, 0.15) is 11.8 Å². The van der Waals surface area contributed by atoms with Crippen LogP contribution in [0.3, 0.4) is 0 Å². The topological polar surface area (TPSA) is 152 Å². The van der Waals surface area contributed by atoms with E-state index in [1.165, 1.54) is 25.3 Å². The zero-order valence-electron chi connectivity index (χ0n) is 18.0. The SMILES string of the molecule is CC[C@H](C)[C@H](NC(=O)C[C@H](c1ccc(O)c(OC)c1)c1oc(C)cc(=O)c1O)C(N)=O. The van der Waals surface area contributed by atoms with Crippen LogP contribution in [0, 0.1) is 12.8 Å². The van der Waals surface area contributed by atoms with Crippen molar-refractivity contribution >= 4 is 11.8 Å². The van der Waals surface area contributed by atoms with Crippen molar-refractivity contribution in [2.24, 2.45) is 11.7 Å². The Morgan fingerprint density at radius 3 is 2.52 bits per heavy atom. The number of methoxy groups -OCH3 is 1. The molecule has 5 N–H and O–H groups in total. The van der Waals surface area contributed by atoms with E-state index >= 15 is 0 Å². The van der Waals surface area contributed by atoms with Crippen molar-refractivity contribution in [1.82, 2.24) is 5.32 Å². The second-order valence-corrected chi connectivity index (χ2v) is 7.46. The van der Waals surface area contributed by atoms with Gasteiger partial charge in [0.2, 0.25) is 23.0 Å². The first kappa shape index (κ1) is 23.8. The second kappa shape index (κ2) is 10.0. The van der Waals surface area contributed by atoms with E-state index in [2.05, 4.69) is 5.32 Å². The fourth-order valence-electron chi connectivity index (χ4n) is 3.28. The third-order valence-corrected chi connectivity index (χ3v) is 5.22. The lowest BCUT2D eigenvalue weighted by Gasteiger charge is -2.23. The zero-order valence-corrected chi connectivity index (χ0v) is 18.0. The number of nitrogens with one attached hydrogen (secondary N) is 1. The molecule has 9 nitrogen and oxygen atoms in total. The van der Waals surface area contributed by atoms with E-state index in [9.17, 15) is 24.6 Å². The lowest BCUT2D eigenvalue weighted by Crippen LogP contribution is -2.48. The van der Waals surface area contributed by atoms with Gasteiger partial charge in [0, 0.05) is 12.5 Å². The molecule has 2 rings (SSSR count). The number of carbonyl (C=O) groups excluding carboxylic acids is 2. The van der Waals surface area contributed by atoms with Crippen LogP contribution in [0.25, 0.3) is 0 Å². The summed E-state index contributed by atoms with van der Waals surface area (Å²) in [5.41, 5.74) is 5.24. The van der Waals surface area contributed by atoms with Crippen LogP contribution < -0.4 is 21.2 Å². The molecular weight excluding hydrogens is 404 g/mol. The molecule has 0 aliphatic rings. The average molecular weight is 432 g/mol. The number of ether oxygens (including phenoxy) is 1. The highest BCUT2D eigenvalue weighted by Gasteiger charge is 2.29. The van der Waals surface area contributed by atoms with Crippen molar-refractivity contribution in [3.8, 4) is 17.2 Å². The van der Waals surface area contributed by atoms with Crippen LogP contribution >= 0.6 is 0 Å². The monoisotopic (exact) mass is 432 g/mol. The number of aryl methyl sites for hydroxylation is 1. The molecule has 0 saturated heterocycles. The molecule has 0 saturated carbocycles. The third kappa shape index (κ3) is 5.56.